The van der Waals surface area contributed by atoms with Crippen molar-refractivity contribution in [2.75, 3.05) is 0 Å². The van der Waals surface area contributed by atoms with Gasteiger partial charge < -0.3 is 5.11 Å². The van der Waals surface area contributed by atoms with Gasteiger partial charge in [-0.15, -0.1) is 5.10 Å². The van der Waals surface area contributed by atoms with E-state index in [9.17, 15) is 4.79 Å². The van der Waals surface area contributed by atoms with Crippen LogP contribution in [-0.2, 0) is 17.8 Å². The van der Waals surface area contributed by atoms with Gasteiger partial charge in [-0.1, -0.05) is 32.6 Å². The lowest BCUT2D eigenvalue weighted by Crippen LogP contribution is -2.20. The van der Waals surface area contributed by atoms with Crippen LogP contribution < -0.4 is 0 Å². The van der Waals surface area contributed by atoms with E-state index in [1.54, 1.807) is 4.68 Å². The smallest absolute Gasteiger partial charge is 0.303 e. The van der Waals surface area contributed by atoms with Gasteiger partial charge in [0, 0.05) is 19.4 Å². The topological polar surface area (TPSA) is 80.9 Å². The van der Waals surface area contributed by atoms with Gasteiger partial charge in [0.2, 0.25) is 0 Å². The Morgan fingerprint density at radius 3 is 2.89 bits per heavy atom. The molecule has 0 aliphatic heterocycles. The molecule has 100 valence electrons. The lowest BCUT2D eigenvalue weighted by Gasteiger charge is -2.24. The lowest BCUT2D eigenvalue weighted by atomic mass is 9.83. The standard InChI is InChI=1S/C12H20N4O2/c1-2-9(7-12(17)18)8-16-11(13-14-15-16)6-10-4-3-5-10/h9-10H,2-8H2,1H3,(H,17,18). The molecule has 1 N–H and O–H groups in total. The first kappa shape index (κ1) is 13.0. The summed E-state index contributed by atoms with van der Waals surface area (Å²) in [6, 6.07) is 0. The number of carboxylic acid groups (broad SMARTS) is 1. The minimum absolute atomic E-state index is 0.103. The van der Waals surface area contributed by atoms with Crippen LogP contribution in [0.4, 0.5) is 0 Å². The maximum absolute atomic E-state index is 10.8. The number of nitrogens with zero attached hydrogens (tertiary/aromatic N) is 4. The van der Waals surface area contributed by atoms with E-state index in [4.69, 9.17) is 5.11 Å². The number of hydrogen-bond acceptors (Lipinski definition) is 4. The van der Waals surface area contributed by atoms with Gasteiger partial charge in [0.05, 0.1) is 0 Å². The Kier molecular flexibility index (Phi) is 4.28. The van der Waals surface area contributed by atoms with Crippen molar-refractivity contribution in [2.24, 2.45) is 11.8 Å². The van der Waals surface area contributed by atoms with Crippen LogP contribution in [0.3, 0.4) is 0 Å². The molecule has 0 aromatic carbocycles. The summed E-state index contributed by atoms with van der Waals surface area (Å²) in [6.07, 6.45) is 5.77. The van der Waals surface area contributed by atoms with Crippen LogP contribution in [0.25, 0.3) is 0 Å². The van der Waals surface area contributed by atoms with Crippen LogP contribution in [0.2, 0.25) is 0 Å². The van der Waals surface area contributed by atoms with Crippen LogP contribution >= 0.6 is 0 Å². The van der Waals surface area contributed by atoms with Gasteiger partial charge >= 0.3 is 5.97 Å². The van der Waals surface area contributed by atoms with Crippen LogP contribution in [-0.4, -0.2) is 31.3 Å². The molecule has 1 aliphatic rings. The van der Waals surface area contributed by atoms with Crippen molar-refractivity contribution in [3.05, 3.63) is 5.82 Å². The fourth-order valence-corrected chi connectivity index (χ4v) is 2.30. The Labute approximate surface area is 106 Å². The highest BCUT2D eigenvalue weighted by Gasteiger charge is 2.22. The number of aliphatic carboxylic acids is 1. The molecule has 0 spiro atoms. The molecule has 0 amide bonds. The fourth-order valence-electron chi connectivity index (χ4n) is 2.30. The zero-order valence-corrected chi connectivity index (χ0v) is 10.7. The molecule has 6 nitrogen and oxygen atoms in total. The first-order valence-electron chi connectivity index (χ1n) is 6.65. The van der Waals surface area contributed by atoms with Gasteiger partial charge in [0.1, 0.15) is 0 Å². The highest BCUT2D eigenvalue weighted by Crippen LogP contribution is 2.29. The fraction of sp³-hybridized carbons (Fsp3) is 0.833. The van der Waals surface area contributed by atoms with Crippen LogP contribution in [0.1, 0.15) is 44.9 Å². The Balaban J connectivity index is 1.94. The highest BCUT2D eigenvalue weighted by molar-refractivity contribution is 5.66. The average Bonchev–Trinajstić information content (AvgIpc) is 2.69. The first-order chi connectivity index (χ1) is 8.69. The first-order valence-corrected chi connectivity index (χ1v) is 6.65. The number of rotatable bonds is 7. The third-order valence-corrected chi connectivity index (χ3v) is 3.77. The normalized spacial score (nSPS) is 17.4. The number of hydrogen-bond donors (Lipinski definition) is 1. The second-order valence-corrected chi connectivity index (χ2v) is 5.15. The molecule has 1 saturated carbocycles. The van der Waals surface area contributed by atoms with Gasteiger partial charge in [-0.2, -0.15) is 0 Å². The quantitative estimate of drug-likeness (QED) is 0.795. The SMILES string of the molecule is CCC(CC(=O)O)Cn1nnnc1CC1CCC1. The number of tetrazole rings is 1. The van der Waals surface area contributed by atoms with Crippen LogP contribution in [0.15, 0.2) is 0 Å². The van der Waals surface area contributed by atoms with Crippen molar-refractivity contribution < 1.29 is 9.90 Å². The molecule has 1 fully saturated rings. The summed E-state index contributed by atoms with van der Waals surface area (Å²) in [5.74, 6) is 0.972. The minimum Gasteiger partial charge on any atom is -0.481 e. The summed E-state index contributed by atoms with van der Waals surface area (Å²) in [4.78, 5) is 10.8. The largest absolute Gasteiger partial charge is 0.481 e. The van der Waals surface area contributed by atoms with Crippen molar-refractivity contribution >= 4 is 5.97 Å². The zero-order valence-electron chi connectivity index (χ0n) is 10.7. The van der Waals surface area contributed by atoms with Gasteiger partial charge in [0.25, 0.3) is 0 Å². The molecular formula is C12H20N4O2. The van der Waals surface area contributed by atoms with Gasteiger partial charge in [0.15, 0.2) is 5.82 Å². The minimum atomic E-state index is -0.754. The maximum Gasteiger partial charge on any atom is 0.303 e. The predicted octanol–water partition coefficient (Wildman–Crippen LogP) is 1.52. The third-order valence-electron chi connectivity index (χ3n) is 3.77. The molecule has 2 rings (SSSR count). The molecule has 6 heteroatoms. The summed E-state index contributed by atoms with van der Waals surface area (Å²) in [7, 11) is 0. The highest BCUT2D eigenvalue weighted by atomic mass is 16.4. The molecule has 0 saturated heterocycles. The average molecular weight is 252 g/mol. The number of carbonyl (C=O) groups is 1. The van der Waals surface area contributed by atoms with E-state index < -0.39 is 5.97 Å². The number of aromatic nitrogens is 4. The van der Waals surface area contributed by atoms with E-state index in [2.05, 4.69) is 15.5 Å². The van der Waals surface area contributed by atoms with E-state index in [1.165, 1.54) is 19.3 Å². The van der Waals surface area contributed by atoms with Crippen molar-refractivity contribution in [1.29, 1.82) is 0 Å². The molecule has 0 radical (unpaired) electrons. The summed E-state index contributed by atoms with van der Waals surface area (Å²) < 4.78 is 1.79. The van der Waals surface area contributed by atoms with Crippen molar-refractivity contribution in [2.45, 2.75) is 52.0 Å². The van der Waals surface area contributed by atoms with E-state index in [0.29, 0.717) is 12.5 Å². The maximum atomic E-state index is 10.8. The Morgan fingerprint density at radius 2 is 2.33 bits per heavy atom. The summed E-state index contributed by atoms with van der Waals surface area (Å²) in [5, 5.41) is 20.6. The summed E-state index contributed by atoms with van der Waals surface area (Å²) in [5.41, 5.74) is 0. The molecule has 1 heterocycles. The van der Waals surface area contributed by atoms with Crippen molar-refractivity contribution in [3.8, 4) is 0 Å². The molecule has 18 heavy (non-hydrogen) atoms. The van der Waals surface area contributed by atoms with E-state index in [0.717, 1.165) is 18.7 Å². The molecule has 1 atom stereocenters. The molecule has 0 bridgehead atoms. The Hall–Kier alpha value is -1.46. The van der Waals surface area contributed by atoms with E-state index in [-0.39, 0.29) is 12.3 Å². The molecular weight excluding hydrogens is 232 g/mol. The molecule has 1 aromatic rings. The van der Waals surface area contributed by atoms with Crippen molar-refractivity contribution in [1.82, 2.24) is 20.2 Å². The third kappa shape index (κ3) is 3.27. The molecule has 1 unspecified atom stereocenters. The second kappa shape index (κ2) is 5.93. The van der Waals surface area contributed by atoms with E-state index >= 15 is 0 Å². The second-order valence-electron chi connectivity index (χ2n) is 5.15. The summed E-state index contributed by atoms with van der Waals surface area (Å²) >= 11 is 0. The number of carboxylic acids is 1. The summed E-state index contributed by atoms with van der Waals surface area (Å²) in [6.45, 7) is 2.61. The Bertz CT molecular complexity index is 401. The van der Waals surface area contributed by atoms with Gasteiger partial charge in [-0.05, 0) is 22.3 Å². The molecule has 1 aromatic heterocycles. The monoisotopic (exact) mass is 252 g/mol. The lowest BCUT2D eigenvalue weighted by molar-refractivity contribution is -0.138. The van der Waals surface area contributed by atoms with Crippen LogP contribution in [0, 0.1) is 11.8 Å². The van der Waals surface area contributed by atoms with Crippen LogP contribution in [0.5, 0.6) is 0 Å². The predicted molar refractivity (Wildman–Crippen MR) is 64.9 cm³/mol. The molecule has 1 aliphatic carbocycles. The zero-order chi connectivity index (χ0) is 13.0. The van der Waals surface area contributed by atoms with Crippen molar-refractivity contribution in [3.63, 3.8) is 0 Å². The van der Waals surface area contributed by atoms with Gasteiger partial charge in [-0.25, -0.2) is 4.68 Å². The van der Waals surface area contributed by atoms with E-state index in [1.807, 2.05) is 6.92 Å². The van der Waals surface area contributed by atoms with Gasteiger partial charge in [-0.3, -0.25) is 4.79 Å². The Morgan fingerprint density at radius 1 is 1.56 bits per heavy atom.